The lowest BCUT2D eigenvalue weighted by Crippen LogP contribution is -2.46. The van der Waals surface area contributed by atoms with Crippen LogP contribution in [-0.4, -0.2) is 36.2 Å². The third-order valence-corrected chi connectivity index (χ3v) is 4.72. The molecule has 1 amide bonds. The smallest absolute Gasteiger partial charge is 0.220 e. The summed E-state index contributed by atoms with van der Waals surface area (Å²) in [6.07, 6.45) is 6.65. The van der Waals surface area contributed by atoms with Gasteiger partial charge >= 0.3 is 0 Å². The highest BCUT2D eigenvalue weighted by Gasteiger charge is 2.26. The minimum absolute atomic E-state index is 0.0158. The molecule has 4 heteroatoms. The predicted octanol–water partition coefficient (Wildman–Crippen LogP) is 1.43. The van der Waals surface area contributed by atoms with Crippen molar-refractivity contribution in [2.24, 2.45) is 11.8 Å². The summed E-state index contributed by atoms with van der Waals surface area (Å²) in [4.78, 5) is 12.1. The van der Waals surface area contributed by atoms with Gasteiger partial charge in [0.15, 0.2) is 0 Å². The van der Waals surface area contributed by atoms with Crippen LogP contribution in [0.3, 0.4) is 0 Å². The third kappa shape index (κ3) is 4.46. The van der Waals surface area contributed by atoms with Gasteiger partial charge < -0.3 is 15.7 Å². The molecule has 0 spiro atoms. The number of carbonyl (C=O) groups is 1. The van der Waals surface area contributed by atoms with E-state index < -0.39 is 0 Å². The Bertz CT molecular complexity index is 290. The lowest BCUT2D eigenvalue weighted by Gasteiger charge is -2.31. The number of aliphatic hydroxyl groups is 1. The van der Waals surface area contributed by atoms with Gasteiger partial charge in [-0.25, -0.2) is 0 Å². The molecule has 1 saturated carbocycles. The van der Waals surface area contributed by atoms with Gasteiger partial charge in [0.2, 0.25) is 5.91 Å². The summed E-state index contributed by atoms with van der Waals surface area (Å²) in [5, 5.41) is 16.3. The van der Waals surface area contributed by atoms with Crippen LogP contribution < -0.4 is 10.6 Å². The average molecular weight is 268 g/mol. The first-order valence-electron chi connectivity index (χ1n) is 7.85. The molecule has 3 N–H and O–H groups in total. The molecule has 0 radical (unpaired) electrons. The monoisotopic (exact) mass is 268 g/mol. The standard InChI is InChI=1S/C15H28N2O2/c1-11(12-5-4-8-16-10-12)9-15(19)17-13-6-2-3-7-14(13)18/h11-14,16,18H,2-10H2,1H3,(H,17,19)/t11?,12?,13-,14-/m1/s1. The van der Waals surface area contributed by atoms with Crippen molar-refractivity contribution in [2.75, 3.05) is 13.1 Å². The second kappa shape index (κ2) is 7.25. The maximum Gasteiger partial charge on any atom is 0.220 e. The van der Waals surface area contributed by atoms with Crippen LogP contribution >= 0.6 is 0 Å². The van der Waals surface area contributed by atoms with Crippen LogP contribution in [0.2, 0.25) is 0 Å². The number of carbonyl (C=O) groups excluding carboxylic acids is 1. The summed E-state index contributed by atoms with van der Waals surface area (Å²) in [5.74, 6) is 1.16. The van der Waals surface area contributed by atoms with E-state index in [1.165, 1.54) is 12.8 Å². The van der Waals surface area contributed by atoms with Crippen LogP contribution in [0.5, 0.6) is 0 Å². The highest BCUT2D eigenvalue weighted by molar-refractivity contribution is 5.76. The summed E-state index contributed by atoms with van der Waals surface area (Å²) < 4.78 is 0. The number of piperidine rings is 1. The first kappa shape index (κ1) is 14.8. The Morgan fingerprint density at radius 1 is 1.32 bits per heavy atom. The molecule has 19 heavy (non-hydrogen) atoms. The van der Waals surface area contributed by atoms with Gasteiger partial charge in [0.25, 0.3) is 0 Å². The Morgan fingerprint density at radius 3 is 2.79 bits per heavy atom. The molecule has 1 aliphatic heterocycles. The van der Waals surface area contributed by atoms with Crippen molar-refractivity contribution in [3.8, 4) is 0 Å². The molecule has 2 aliphatic rings. The third-order valence-electron chi connectivity index (χ3n) is 4.72. The van der Waals surface area contributed by atoms with E-state index in [0.717, 1.165) is 38.8 Å². The molecule has 2 fully saturated rings. The number of rotatable bonds is 4. The van der Waals surface area contributed by atoms with Crippen molar-refractivity contribution in [3.05, 3.63) is 0 Å². The first-order chi connectivity index (χ1) is 9.16. The Kier molecular flexibility index (Phi) is 5.64. The second-order valence-corrected chi connectivity index (χ2v) is 6.31. The lowest BCUT2D eigenvalue weighted by atomic mass is 9.85. The van der Waals surface area contributed by atoms with E-state index >= 15 is 0 Å². The lowest BCUT2D eigenvalue weighted by molar-refractivity contribution is -0.124. The van der Waals surface area contributed by atoms with Crippen molar-refractivity contribution in [3.63, 3.8) is 0 Å². The van der Waals surface area contributed by atoms with Crippen molar-refractivity contribution < 1.29 is 9.90 Å². The number of amides is 1. The molecule has 110 valence electrons. The fourth-order valence-corrected chi connectivity index (χ4v) is 3.37. The normalized spacial score (nSPS) is 33.7. The molecule has 1 heterocycles. The van der Waals surface area contributed by atoms with Crippen LogP contribution in [0.4, 0.5) is 0 Å². The van der Waals surface area contributed by atoms with Crippen molar-refractivity contribution >= 4 is 5.91 Å². The fraction of sp³-hybridized carbons (Fsp3) is 0.933. The molecule has 2 unspecified atom stereocenters. The largest absolute Gasteiger partial charge is 0.391 e. The molecule has 0 bridgehead atoms. The highest BCUT2D eigenvalue weighted by Crippen LogP contribution is 2.23. The topological polar surface area (TPSA) is 61.4 Å². The van der Waals surface area contributed by atoms with Gasteiger partial charge in [-0.3, -0.25) is 4.79 Å². The zero-order valence-electron chi connectivity index (χ0n) is 12.0. The first-order valence-corrected chi connectivity index (χ1v) is 7.85. The number of nitrogens with one attached hydrogen (secondary N) is 2. The molecule has 1 saturated heterocycles. The van der Waals surface area contributed by atoms with Crippen LogP contribution in [-0.2, 0) is 4.79 Å². The summed E-state index contributed by atoms with van der Waals surface area (Å²) >= 11 is 0. The van der Waals surface area contributed by atoms with Crippen LogP contribution in [0, 0.1) is 11.8 Å². The molecule has 4 nitrogen and oxygen atoms in total. The van der Waals surface area contributed by atoms with E-state index in [9.17, 15) is 9.90 Å². The minimum Gasteiger partial charge on any atom is -0.391 e. The van der Waals surface area contributed by atoms with Crippen LogP contribution in [0.15, 0.2) is 0 Å². The molecule has 0 aromatic rings. The second-order valence-electron chi connectivity index (χ2n) is 6.31. The molecule has 4 atom stereocenters. The summed E-state index contributed by atoms with van der Waals surface area (Å²) in [5.41, 5.74) is 0. The van der Waals surface area contributed by atoms with Gasteiger partial charge in [-0.15, -0.1) is 0 Å². The van der Waals surface area contributed by atoms with E-state index in [2.05, 4.69) is 17.6 Å². The zero-order valence-corrected chi connectivity index (χ0v) is 12.0. The fourth-order valence-electron chi connectivity index (χ4n) is 3.37. The predicted molar refractivity (Wildman–Crippen MR) is 75.8 cm³/mol. The van der Waals surface area contributed by atoms with Gasteiger partial charge in [-0.05, 0) is 50.6 Å². The average Bonchev–Trinajstić information content (AvgIpc) is 2.42. The van der Waals surface area contributed by atoms with E-state index in [1.54, 1.807) is 0 Å². The van der Waals surface area contributed by atoms with Crippen molar-refractivity contribution in [2.45, 2.75) is 64.0 Å². The number of hydrogen-bond acceptors (Lipinski definition) is 3. The van der Waals surface area contributed by atoms with Crippen LogP contribution in [0.1, 0.15) is 51.9 Å². The number of aliphatic hydroxyl groups excluding tert-OH is 1. The SMILES string of the molecule is CC(CC(=O)N[C@@H]1CCCC[C@H]1O)C1CCCNC1. The van der Waals surface area contributed by atoms with E-state index in [-0.39, 0.29) is 18.1 Å². The van der Waals surface area contributed by atoms with Gasteiger partial charge in [0.1, 0.15) is 0 Å². The summed E-state index contributed by atoms with van der Waals surface area (Å²) in [6.45, 7) is 4.33. The Morgan fingerprint density at radius 2 is 2.11 bits per heavy atom. The zero-order chi connectivity index (χ0) is 13.7. The van der Waals surface area contributed by atoms with Crippen molar-refractivity contribution in [1.29, 1.82) is 0 Å². The maximum absolute atomic E-state index is 12.1. The number of hydrogen-bond donors (Lipinski definition) is 3. The molecule has 0 aromatic carbocycles. The Labute approximate surface area is 116 Å². The van der Waals surface area contributed by atoms with Gasteiger partial charge in [0, 0.05) is 6.42 Å². The van der Waals surface area contributed by atoms with Gasteiger partial charge in [-0.1, -0.05) is 19.8 Å². The quantitative estimate of drug-likeness (QED) is 0.723. The molecular formula is C15H28N2O2. The van der Waals surface area contributed by atoms with Gasteiger partial charge in [0.05, 0.1) is 12.1 Å². The van der Waals surface area contributed by atoms with Crippen molar-refractivity contribution in [1.82, 2.24) is 10.6 Å². The molecule has 0 aromatic heterocycles. The van der Waals surface area contributed by atoms with Gasteiger partial charge in [-0.2, -0.15) is 0 Å². The summed E-state index contributed by atoms with van der Waals surface area (Å²) in [6, 6.07) is -0.0158. The summed E-state index contributed by atoms with van der Waals surface area (Å²) in [7, 11) is 0. The van der Waals surface area contributed by atoms with E-state index in [1.807, 2.05) is 0 Å². The molecule has 1 aliphatic carbocycles. The molecule has 2 rings (SSSR count). The Hall–Kier alpha value is -0.610. The minimum atomic E-state index is -0.343. The molecular weight excluding hydrogens is 240 g/mol. The highest BCUT2D eigenvalue weighted by atomic mass is 16.3. The Balaban J connectivity index is 1.73. The van der Waals surface area contributed by atoms with E-state index in [4.69, 9.17) is 0 Å². The van der Waals surface area contributed by atoms with Crippen LogP contribution in [0.25, 0.3) is 0 Å². The van der Waals surface area contributed by atoms with E-state index in [0.29, 0.717) is 18.3 Å². The maximum atomic E-state index is 12.1.